The molecule has 5 rings (SSSR count). The zero-order chi connectivity index (χ0) is 22.8. The summed E-state index contributed by atoms with van der Waals surface area (Å²) >= 11 is 0. The minimum Gasteiger partial charge on any atom is -0.493 e. The molecule has 3 aromatic rings. The number of nitrogens with zero attached hydrogens (tertiary/aromatic N) is 1. The maximum absolute atomic E-state index is 5.67. The molecule has 0 radical (unpaired) electrons. The standard InChI is InChI=1S/C29H30N2O2/c1-4-33-28-17-20(9-15-27(28)32-3)18-30-22-12-10-21(11-13-22)29-24-7-5-6-23(24)25-16-19(2)8-14-26(25)31-29/h5-6,8-18,23-24,29,31H,4,7H2,1-3H3/t23-,24+,29-/m0/s1. The monoisotopic (exact) mass is 438 g/mol. The Morgan fingerprint density at radius 2 is 1.88 bits per heavy atom. The smallest absolute Gasteiger partial charge is 0.161 e. The van der Waals surface area contributed by atoms with E-state index < -0.39 is 0 Å². The summed E-state index contributed by atoms with van der Waals surface area (Å²) in [5.74, 6) is 2.50. The van der Waals surface area contributed by atoms with E-state index in [1.807, 2.05) is 31.3 Å². The van der Waals surface area contributed by atoms with E-state index in [1.165, 1.54) is 22.4 Å². The Hall–Kier alpha value is -3.53. The molecule has 1 N–H and O–H groups in total. The number of benzene rings is 3. The highest BCUT2D eigenvalue weighted by atomic mass is 16.5. The van der Waals surface area contributed by atoms with Gasteiger partial charge in [-0.1, -0.05) is 42.0 Å². The van der Waals surface area contributed by atoms with Crippen molar-refractivity contribution in [2.24, 2.45) is 10.9 Å². The summed E-state index contributed by atoms with van der Waals surface area (Å²) in [4.78, 5) is 4.68. The van der Waals surface area contributed by atoms with Gasteiger partial charge in [0.05, 0.1) is 25.4 Å². The fraction of sp³-hybridized carbons (Fsp3) is 0.276. The molecule has 0 amide bonds. The van der Waals surface area contributed by atoms with E-state index in [9.17, 15) is 0 Å². The second kappa shape index (κ2) is 9.14. The molecule has 3 atom stereocenters. The van der Waals surface area contributed by atoms with Gasteiger partial charge in [-0.25, -0.2) is 0 Å². The second-order valence-electron chi connectivity index (χ2n) is 8.76. The molecule has 1 aliphatic carbocycles. The van der Waals surface area contributed by atoms with Gasteiger partial charge >= 0.3 is 0 Å². The fourth-order valence-corrected chi connectivity index (χ4v) is 5.00. The van der Waals surface area contributed by atoms with E-state index in [0.717, 1.165) is 29.2 Å². The number of aryl methyl sites for hydroxylation is 1. The second-order valence-corrected chi connectivity index (χ2v) is 8.76. The number of ether oxygens (including phenoxy) is 2. The van der Waals surface area contributed by atoms with Crippen molar-refractivity contribution in [2.45, 2.75) is 32.2 Å². The van der Waals surface area contributed by atoms with E-state index in [-0.39, 0.29) is 0 Å². The third-order valence-corrected chi connectivity index (χ3v) is 6.62. The van der Waals surface area contributed by atoms with Crippen molar-refractivity contribution in [1.29, 1.82) is 0 Å². The maximum Gasteiger partial charge on any atom is 0.161 e. The predicted molar refractivity (Wildman–Crippen MR) is 135 cm³/mol. The van der Waals surface area contributed by atoms with Crippen molar-refractivity contribution in [3.63, 3.8) is 0 Å². The zero-order valence-electron chi connectivity index (χ0n) is 19.4. The van der Waals surface area contributed by atoms with Crippen LogP contribution in [-0.4, -0.2) is 19.9 Å². The van der Waals surface area contributed by atoms with Gasteiger partial charge < -0.3 is 14.8 Å². The van der Waals surface area contributed by atoms with Crippen LogP contribution in [0.4, 0.5) is 11.4 Å². The van der Waals surface area contributed by atoms with Gasteiger partial charge in [0, 0.05) is 17.8 Å². The van der Waals surface area contributed by atoms with Gasteiger partial charge in [0.2, 0.25) is 0 Å². The molecule has 0 bridgehead atoms. The third kappa shape index (κ3) is 4.25. The molecule has 4 nitrogen and oxygen atoms in total. The molecule has 0 aromatic heterocycles. The van der Waals surface area contributed by atoms with Crippen LogP contribution in [0.5, 0.6) is 11.5 Å². The van der Waals surface area contributed by atoms with Crippen LogP contribution in [0.2, 0.25) is 0 Å². The quantitative estimate of drug-likeness (QED) is 0.333. The molecule has 33 heavy (non-hydrogen) atoms. The molecule has 0 saturated heterocycles. The van der Waals surface area contributed by atoms with E-state index >= 15 is 0 Å². The van der Waals surface area contributed by atoms with Crippen LogP contribution in [0.15, 0.2) is 77.8 Å². The Labute approximate surface area is 196 Å². The van der Waals surface area contributed by atoms with E-state index in [2.05, 4.69) is 71.8 Å². The van der Waals surface area contributed by atoms with E-state index in [4.69, 9.17) is 9.47 Å². The number of aliphatic imine (C=N–C) groups is 1. The summed E-state index contributed by atoms with van der Waals surface area (Å²) < 4.78 is 11.0. The lowest BCUT2D eigenvalue weighted by Gasteiger charge is -2.37. The first kappa shape index (κ1) is 21.3. The first-order valence-electron chi connectivity index (χ1n) is 11.6. The molecule has 168 valence electrons. The average Bonchev–Trinajstić information content (AvgIpc) is 3.34. The van der Waals surface area contributed by atoms with Crippen LogP contribution in [0.1, 0.15) is 47.6 Å². The molecule has 2 aliphatic rings. The fourth-order valence-electron chi connectivity index (χ4n) is 5.00. The number of methoxy groups -OCH3 is 1. The van der Waals surface area contributed by atoms with Gasteiger partial charge in [-0.2, -0.15) is 0 Å². The Kier molecular flexibility index (Phi) is 5.91. The Morgan fingerprint density at radius 1 is 1.03 bits per heavy atom. The van der Waals surface area contributed by atoms with Crippen LogP contribution < -0.4 is 14.8 Å². The SMILES string of the molecule is CCOc1cc(C=Nc2ccc([C@@H]3Nc4ccc(C)cc4[C@H]4C=CC[C@H]43)cc2)ccc1OC. The lowest BCUT2D eigenvalue weighted by Crippen LogP contribution is -2.29. The summed E-state index contributed by atoms with van der Waals surface area (Å²) in [6.07, 6.45) is 7.70. The summed E-state index contributed by atoms with van der Waals surface area (Å²) in [6, 6.07) is 21.5. The predicted octanol–water partition coefficient (Wildman–Crippen LogP) is 6.98. The number of hydrogen-bond acceptors (Lipinski definition) is 4. The number of fused-ring (bicyclic) bond motifs is 3. The molecular weight excluding hydrogens is 408 g/mol. The molecular formula is C29H30N2O2. The Bertz CT molecular complexity index is 1200. The van der Waals surface area contributed by atoms with Gasteiger partial charge in [-0.3, -0.25) is 4.99 Å². The number of hydrogen-bond donors (Lipinski definition) is 1. The highest BCUT2D eigenvalue weighted by molar-refractivity contribution is 5.83. The van der Waals surface area contributed by atoms with Crippen LogP contribution in [0.25, 0.3) is 0 Å². The number of allylic oxidation sites excluding steroid dienone is 2. The summed E-state index contributed by atoms with van der Waals surface area (Å²) in [5.41, 5.74) is 7.22. The molecule has 0 spiro atoms. The van der Waals surface area contributed by atoms with Crippen molar-refractivity contribution >= 4 is 17.6 Å². The summed E-state index contributed by atoms with van der Waals surface area (Å²) in [5, 5.41) is 3.81. The van der Waals surface area contributed by atoms with Gasteiger partial charge in [0.1, 0.15) is 0 Å². The summed E-state index contributed by atoms with van der Waals surface area (Å²) in [7, 11) is 1.65. The molecule has 0 fully saturated rings. The summed E-state index contributed by atoms with van der Waals surface area (Å²) in [6.45, 7) is 4.73. The lowest BCUT2D eigenvalue weighted by molar-refractivity contribution is 0.311. The molecule has 0 unspecified atom stereocenters. The van der Waals surface area contributed by atoms with Gasteiger partial charge in [-0.05, 0) is 79.3 Å². The van der Waals surface area contributed by atoms with Gasteiger partial charge in [0.25, 0.3) is 0 Å². The number of nitrogens with one attached hydrogen (secondary N) is 1. The van der Waals surface area contributed by atoms with E-state index in [0.29, 0.717) is 24.5 Å². The lowest BCUT2D eigenvalue weighted by atomic mass is 9.76. The van der Waals surface area contributed by atoms with E-state index in [1.54, 1.807) is 7.11 Å². The zero-order valence-corrected chi connectivity index (χ0v) is 19.4. The van der Waals surface area contributed by atoms with Gasteiger partial charge in [0.15, 0.2) is 11.5 Å². The highest BCUT2D eigenvalue weighted by Gasteiger charge is 2.37. The first-order chi connectivity index (χ1) is 16.2. The maximum atomic E-state index is 5.67. The topological polar surface area (TPSA) is 42.8 Å². The average molecular weight is 439 g/mol. The highest BCUT2D eigenvalue weighted by Crippen LogP contribution is 2.50. The molecule has 1 heterocycles. The van der Waals surface area contributed by atoms with Crippen LogP contribution in [-0.2, 0) is 0 Å². The molecule has 3 aromatic carbocycles. The van der Waals surface area contributed by atoms with Crippen LogP contribution in [0, 0.1) is 12.8 Å². The Balaban J connectivity index is 1.35. The molecule has 0 saturated carbocycles. The van der Waals surface area contributed by atoms with Crippen molar-refractivity contribution in [1.82, 2.24) is 0 Å². The van der Waals surface area contributed by atoms with Crippen LogP contribution >= 0.6 is 0 Å². The number of rotatable bonds is 6. The normalized spacial score (nSPS) is 20.9. The minimum absolute atomic E-state index is 0.300. The van der Waals surface area contributed by atoms with Crippen molar-refractivity contribution in [2.75, 3.05) is 19.0 Å². The third-order valence-electron chi connectivity index (χ3n) is 6.62. The van der Waals surface area contributed by atoms with Gasteiger partial charge in [-0.15, -0.1) is 0 Å². The molecule has 4 heteroatoms. The van der Waals surface area contributed by atoms with Crippen LogP contribution in [0.3, 0.4) is 0 Å². The van der Waals surface area contributed by atoms with Crippen molar-refractivity contribution in [3.05, 3.63) is 95.1 Å². The minimum atomic E-state index is 0.300. The Morgan fingerprint density at radius 3 is 2.67 bits per heavy atom. The van der Waals surface area contributed by atoms with Crippen molar-refractivity contribution in [3.8, 4) is 11.5 Å². The van der Waals surface area contributed by atoms with Crippen molar-refractivity contribution < 1.29 is 9.47 Å². The number of anilines is 1. The first-order valence-corrected chi connectivity index (χ1v) is 11.6. The molecule has 1 aliphatic heterocycles. The largest absolute Gasteiger partial charge is 0.493 e.